The molecule has 5 rings (SSSR count). The number of ether oxygens (including phenoxy) is 1. The number of nitrogens with one attached hydrogen (secondary N) is 3. The molecule has 1 aliphatic rings. The molecule has 5 N–H and O–H groups in total. The van der Waals surface area contributed by atoms with E-state index in [2.05, 4.69) is 10.6 Å². The van der Waals surface area contributed by atoms with Gasteiger partial charge in [0.05, 0.1) is 28.9 Å². The molecule has 0 atom stereocenters. The third-order valence-electron chi connectivity index (χ3n) is 7.43. The van der Waals surface area contributed by atoms with E-state index in [9.17, 15) is 4.39 Å². The number of rotatable bonds is 7. The highest BCUT2D eigenvalue weighted by atomic mass is 35.5. The zero-order valence-corrected chi connectivity index (χ0v) is 22.5. The van der Waals surface area contributed by atoms with Crippen LogP contribution in [-0.2, 0) is 0 Å². The van der Waals surface area contributed by atoms with Gasteiger partial charge in [-0.3, -0.25) is 5.41 Å². The third-order valence-corrected chi connectivity index (χ3v) is 7.76. The molecule has 0 bridgehead atoms. The first kappa shape index (κ1) is 26.0. The molecule has 2 aromatic carbocycles. The molecule has 1 saturated carbocycles. The van der Waals surface area contributed by atoms with Crippen LogP contribution < -0.4 is 21.1 Å². The Morgan fingerprint density at radius 1 is 1.11 bits per heavy atom. The highest BCUT2D eigenvalue weighted by molar-refractivity contribution is 6.33. The van der Waals surface area contributed by atoms with Crippen molar-refractivity contribution >= 4 is 28.6 Å². The van der Waals surface area contributed by atoms with Crippen molar-refractivity contribution in [3.63, 3.8) is 0 Å². The predicted octanol–water partition coefficient (Wildman–Crippen LogP) is 6.00. The topological polar surface area (TPSA) is 100 Å². The second-order valence-electron chi connectivity index (χ2n) is 9.86. The average molecular weight is 535 g/mol. The van der Waals surface area contributed by atoms with E-state index >= 15 is 0 Å². The molecule has 0 amide bonds. The Kier molecular flexibility index (Phi) is 7.27. The van der Waals surface area contributed by atoms with Crippen molar-refractivity contribution in [2.75, 3.05) is 19.5 Å². The van der Waals surface area contributed by atoms with Gasteiger partial charge in [0, 0.05) is 29.4 Å². The molecule has 0 spiro atoms. The van der Waals surface area contributed by atoms with Crippen molar-refractivity contribution in [1.29, 1.82) is 5.41 Å². The molecule has 38 heavy (non-hydrogen) atoms. The van der Waals surface area contributed by atoms with Crippen LogP contribution in [-0.4, -0.2) is 41.7 Å². The molecule has 1 fully saturated rings. The molecule has 0 saturated heterocycles. The van der Waals surface area contributed by atoms with Crippen molar-refractivity contribution < 1.29 is 9.13 Å². The number of halogens is 2. The summed E-state index contributed by atoms with van der Waals surface area (Å²) in [5, 5.41) is 20.7. The third kappa shape index (κ3) is 4.93. The van der Waals surface area contributed by atoms with Crippen molar-refractivity contribution in [1.82, 2.24) is 14.9 Å². The summed E-state index contributed by atoms with van der Waals surface area (Å²) < 4.78 is 21.5. The number of nitrogens with zero attached hydrogens (tertiary/aromatic N) is 2. The number of nitrogen functional groups attached to an aromatic ring is 1. The molecule has 1 aliphatic carbocycles. The number of aromatic nitrogens is 2. The Morgan fingerprint density at radius 3 is 2.50 bits per heavy atom. The number of anilines is 1. The minimum Gasteiger partial charge on any atom is -0.497 e. The molecular formula is C29H32ClFN6O. The molecule has 0 radical (unpaired) electrons. The van der Waals surface area contributed by atoms with Gasteiger partial charge in [-0.05, 0) is 87.2 Å². The monoisotopic (exact) mass is 534 g/mol. The minimum atomic E-state index is -0.442. The first-order chi connectivity index (χ1) is 18.3. The van der Waals surface area contributed by atoms with Crippen LogP contribution in [0.1, 0.15) is 36.8 Å². The number of fused-ring (bicyclic) bond motifs is 1. The van der Waals surface area contributed by atoms with Gasteiger partial charge in [0.25, 0.3) is 0 Å². The number of methoxy groups -OCH3 is 1. The Morgan fingerprint density at radius 2 is 1.84 bits per heavy atom. The molecule has 2 heterocycles. The minimum absolute atomic E-state index is 0.162. The molecule has 0 aliphatic heterocycles. The lowest BCUT2D eigenvalue weighted by molar-refractivity contribution is 0.371. The Hall–Kier alpha value is -3.62. The van der Waals surface area contributed by atoms with Crippen LogP contribution in [0.5, 0.6) is 5.75 Å². The SMILES string of the molecule is CNC1CCC(Nc2c(C(=N)N)c(-c3cc(F)ccc3Cl)nn3cc(-c4ccc(OC)cc4C)cc23)CC1. The van der Waals surface area contributed by atoms with Gasteiger partial charge >= 0.3 is 0 Å². The largest absolute Gasteiger partial charge is 0.497 e. The Labute approximate surface area is 226 Å². The zero-order chi connectivity index (χ0) is 27.0. The number of nitrogens with two attached hydrogens (primary N) is 1. The van der Waals surface area contributed by atoms with Crippen molar-refractivity contribution in [3.05, 3.63) is 70.6 Å². The quantitative estimate of drug-likeness (QED) is 0.172. The summed E-state index contributed by atoms with van der Waals surface area (Å²) in [5.41, 5.74) is 11.9. The van der Waals surface area contributed by atoms with Gasteiger partial charge in [-0.1, -0.05) is 17.7 Å². The maximum Gasteiger partial charge on any atom is 0.127 e. The van der Waals surface area contributed by atoms with Gasteiger partial charge in [-0.25, -0.2) is 8.91 Å². The maximum atomic E-state index is 14.3. The Balaban J connectivity index is 1.72. The van der Waals surface area contributed by atoms with E-state index in [1.54, 1.807) is 11.6 Å². The smallest absolute Gasteiger partial charge is 0.127 e. The van der Waals surface area contributed by atoms with E-state index < -0.39 is 5.82 Å². The van der Waals surface area contributed by atoms with Gasteiger partial charge in [0.15, 0.2) is 0 Å². The van der Waals surface area contributed by atoms with Crippen LogP contribution in [0, 0.1) is 18.2 Å². The van der Waals surface area contributed by atoms with Crippen LogP contribution in [0.25, 0.3) is 27.9 Å². The number of amidine groups is 1. The zero-order valence-electron chi connectivity index (χ0n) is 21.7. The predicted molar refractivity (Wildman–Crippen MR) is 152 cm³/mol. The summed E-state index contributed by atoms with van der Waals surface area (Å²) in [4.78, 5) is 0. The fourth-order valence-corrected chi connectivity index (χ4v) is 5.57. The lowest BCUT2D eigenvalue weighted by Gasteiger charge is -2.30. The molecule has 2 aromatic heterocycles. The summed E-state index contributed by atoms with van der Waals surface area (Å²) in [5.74, 6) is 0.183. The lowest BCUT2D eigenvalue weighted by Crippen LogP contribution is -2.35. The fraction of sp³-hybridized carbons (Fsp3) is 0.310. The lowest BCUT2D eigenvalue weighted by atomic mass is 9.90. The van der Waals surface area contributed by atoms with Gasteiger partial charge in [-0.15, -0.1) is 0 Å². The van der Waals surface area contributed by atoms with Crippen LogP contribution in [0.4, 0.5) is 10.1 Å². The number of hydrogen-bond donors (Lipinski definition) is 4. The van der Waals surface area contributed by atoms with Crippen molar-refractivity contribution in [2.45, 2.75) is 44.7 Å². The molecule has 9 heteroatoms. The van der Waals surface area contributed by atoms with Gasteiger partial charge in [0.1, 0.15) is 23.1 Å². The van der Waals surface area contributed by atoms with Crippen LogP contribution in [0.2, 0.25) is 5.02 Å². The van der Waals surface area contributed by atoms with E-state index in [1.165, 1.54) is 18.2 Å². The van der Waals surface area contributed by atoms with E-state index in [-0.39, 0.29) is 11.9 Å². The van der Waals surface area contributed by atoms with Crippen LogP contribution >= 0.6 is 11.6 Å². The second kappa shape index (κ2) is 10.6. The van der Waals surface area contributed by atoms with Gasteiger partial charge in [-0.2, -0.15) is 5.10 Å². The summed E-state index contributed by atoms with van der Waals surface area (Å²) in [6.45, 7) is 2.03. The van der Waals surface area contributed by atoms with Crippen molar-refractivity contribution in [2.24, 2.45) is 5.73 Å². The van der Waals surface area contributed by atoms with E-state index in [0.29, 0.717) is 33.6 Å². The highest BCUT2D eigenvalue weighted by Gasteiger charge is 2.26. The van der Waals surface area contributed by atoms with Crippen LogP contribution in [0.3, 0.4) is 0 Å². The molecule has 0 unspecified atom stereocenters. The number of hydrogen-bond acceptors (Lipinski definition) is 5. The standard InChI is InChI=1S/C29H32ClFN6O/c1-16-12-21(38-3)9-10-22(16)17-13-25-28(35-20-7-5-19(34-2)6-8-20)26(29(32)33)27(36-37(25)15-17)23-14-18(31)4-11-24(23)30/h4,9-15,19-20,34-35H,5-8H2,1-3H3,(H3,32,33). The number of aryl methyl sites for hydroxylation is 1. The average Bonchev–Trinajstić information content (AvgIpc) is 3.34. The molecule has 7 nitrogen and oxygen atoms in total. The molecule has 198 valence electrons. The summed E-state index contributed by atoms with van der Waals surface area (Å²) >= 11 is 6.52. The summed E-state index contributed by atoms with van der Waals surface area (Å²) in [6.07, 6.45) is 5.97. The first-order valence-corrected chi connectivity index (χ1v) is 13.1. The van der Waals surface area contributed by atoms with E-state index in [1.807, 2.05) is 44.4 Å². The fourth-order valence-electron chi connectivity index (χ4n) is 5.37. The summed E-state index contributed by atoms with van der Waals surface area (Å²) in [7, 11) is 3.65. The first-order valence-electron chi connectivity index (χ1n) is 12.7. The maximum absolute atomic E-state index is 14.3. The van der Waals surface area contributed by atoms with Gasteiger partial charge in [0.2, 0.25) is 0 Å². The Bertz CT molecular complexity index is 1510. The van der Waals surface area contributed by atoms with Crippen LogP contribution in [0.15, 0.2) is 48.7 Å². The van der Waals surface area contributed by atoms with Crippen molar-refractivity contribution in [3.8, 4) is 28.1 Å². The van der Waals surface area contributed by atoms with E-state index in [4.69, 9.17) is 32.6 Å². The molecular weight excluding hydrogens is 503 g/mol. The second-order valence-corrected chi connectivity index (χ2v) is 10.3. The molecule has 4 aromatic rings. The number of benzene rings is 2. The van der Waals surface area contributed by atoms with Gasteiger partial charge < -0.3 is 21.1 Å². The normalized spacial score (nSPS) is 17.5. The van der Waals surface area contributed by atoms with E-state index in [0.717, 1.165) is 53.6 Å². The summed E-state index contributed by atoms with van der Waals surface area (Å²) in [6, 6.07) is 12.8. The highest BCUT2D eigenvalue weighted by Crippen LogP contribution is 2.38.